The summed E-state index contributed by atoms with van der Waals surface area (Å²) in [6.07, 6.45) is 2.29. The largest absolute Gasteiger partial charge is 0.503 e. The molecule has 6 rings (SSSR count). The number of nitrogens with zero attached hydrogens (tertiary/aromatic N) is 5. The molecule has 3 fully saturated rings. The Morgan fingerprint density at radius 1 is 1.15 bits per heavy atom. The molecule has 12 heteroatoms. The smallest absolute Gasteiger partial charge is 0.278 e. The number of hydrogen-bond donors (Lipinski definition) is 2. The molecule has 1 aromatic carbocycles. The van der Waals surface area contributed by atoms with Crippen molar-refractivity contribution in [2.45, 2.75) is 31.6 Å². The molecule has 0 spiro atoms. The summed E-state index contributed by atoms with van der Waals surface area (Å²) in [5, 5.41) is 24.1. The minimum atomic E-state index is -1.78. The second-order valence-electron chi connectivity index (χ2n) is 9.07. The molecule has 5 heterocycles. The summed E-state index contributed by atoms with van der Waals surface area (Å²) < 4.78 is 47.2. The number of carbonyl (C=O) groups is 1. The van der Waals surface area contributed by atoms with Crippen molar-refractivity contribution in [2.75, 3.05) is 26.3 Å². The molecule has 34 heavy (non-hydrogen) atoms. The van der Waals surface area contributed by atoms with Gasteiger partial charge in [-0.3, -0.25) is 4.79 Å². The molecule has 2 N–H and O–H groups in total. The van der Waals surface area contributed by atoms with Crippen LogP contribution in [0.5, 0.6) is 5.75 Å². The van der Waals surface area contributed by atoms with E-state index in [1.807, 2.05) is 13.0 Å². The van der Waals surface area contributed by atoms with E-state index in [1.165, 1.54) is 0 Å². The van der Waals surface area contributed by atoms with E-state index >= 15 is 0 Å². The SMILES string of the molecule is Cc1ccc(-c2nc(C34CC[N+](CNC(=O)c5cc(F)c(O)c(F)c5F)(CC3)CC4)no2)nn1. The Morgan fingerprint density at radius 3 is 2.50 bits per heavy atom. The summed E-state index contributed by atoms with van der Waals surface area (Å²) in [5.41, 5.74) is 0.271. The van der Waals surface area contributed by atoms with Gasteiger partial charge < -0.3 is 19.4 Å². The number of aryl methyl sites for hydroxylation is 1. The monoisotopic (exact) mass is 475 g/mol. The van der Waals surface area contributed by atoms with Crippen molar-refractivity contribution in [3.8, 4) is 17.3 Å². The molecule has 3 saturated heterocycles. The van der Waals surface area contributed by atoms with Crippen LogP contribution in [0.2, 0.25) is 0 Å². The van der Waals surface area contributed by atoms with E-state index in [0.717, 1.165) is 44.6 Å². The van der Waals surface area contributed by atoms with Crippen LogP contribution in [-0.2, 0) is 5.41 Å². The molecule has 3 aliphatic rings. The van der Waals surface area contributed by atoms with Crippen LogP contribution in [0.4, 0.5) is 13.2 Å². The molecule has 0 unspecified atom stereocenters. The summed E-state index contributed by atoms with van der Waals surface area (Å²) in [4.78, 5) is 17.0. The molecule has 0 radical (unpaired) electrons. The van der Waals surface area contributed by atoms with Gasteiger partial charge in [0.2, 0.25) is 5.82 Å². The number of phenols is 1. The van der Waals surface area contributed by atoms with E-state index in [1.54, 1.807) is 6.07 Å². The maximum absolute atomic E-state index is 14.0. The van der Waals surface area contributed by atoms with Gasteiger partial charge in [0.05, 0.1) is 30.9 Å². The van der Waals surface area contributed by atoms with Gasteiger partial charge in [-0.1, -0.05) is 5.16 Å². The fourth-order valence-electron chi connectivity index (χ4n) is 4.78. The molecule has 0 atom stereocenters. The van der Waals surface area contributed by atoms with E-state index < -0.39 is 34.7 Å². The maximum atomic E-state index is 14.0. The zero-order valence-corrected chi connectivity index (χ0v) is 18.3. The number of amides is 1. The van der Waals surface area contributed by atoms with Crippen LogP contribution in [0.1, 0.15) is 41.1 Å². The highest BCUT2D eigenvalue weighted by molar-refractivity contribution is 5.94. The normalized spacial score (nSPS) is 23.8. The summed E-state index contributed by atoms with van der Waals surface area (Å²) >= 11 is 0. The predicted octanol–water partition coefficient (Wildman–Crippen LogP) is 2.60. The van der Waals surface area contributed by atoms with E-state index in [4.69, 9.17) is 9.63 Å². The lowest BCUT2D eigenvalue weighted by Gasteiger charge is -2.53. The molecule has 2 bridgehead atoms. The molecule has 0 saturated carbocycles. The first-order valence-corrected chi connectivity index (χ1v) is 10.9. The topological polar surface area (TPSA) is 114 Å². The highest BCUT2D eigenvalue weighted by Crippen LogP contribution is 2.45. The fourth-order valence-corrected chi connectivity index (χ4v) is 4.78. The quantitative estimate of drug-likeness (QED) is 0.431. The number of hydrogen-bond acceptors (Lipinski definition) is 7. The number of halogens is 3. The second-order valence-corrected chi connectivity index (χ2v) is 9.07. The third-order valence-corrected chi connectivity index (χ3v) is 7.07. The van der Waals surface area contributed by atoms with Crippen LogP contribution in [0.15, 0.2) is 22.7 Å². The molecule has 1 amide bonds. The third kappa shape index (κ3) is 3.67. The lowest BCUT2D eigenvalue weighted by Crippen LogP contribution is -2.66. The Hall–Kier alpha value is -3.54. The molecule has 3 aliphatic heterocycles. The summed E-state index contributed by atoms with van der Waals surface area (Å²) in [6.45, 7) is 4.18. The number of benzene rings is 1. The first-order valence-electron chi connectivity index (χ1n) is 10.9. The highest BCUT2D eigenvalue weighted by atomic mass is 19.2. The van der Waals surface area contributed by atoms with Crippen molar-refractivity contribution in [1.29, 1.82) is 0 Å². The standard InChI is InChI=1S/C22H21F3N6O3/c1-12-2-3-15(29-28-12)20-27-21(30-34-20)22-4-7-31(8-5-22,9-6-22)11-26-19(33)13-10-14(23)18(32)17(25)16(13)24/h2-3,10H,4-9,11H2,1H3,(H-,26,32,33)/p+1. The Morgan fingerprint density at radius 2 is 1.85 bits per heavy atom. The molecule has 0 aliphatic carbocycles. The Labute approximate surface area is 192 Å². The van der Waals surface area contributed by atoms with Crippen LogP contribution >= 0.6 is 0 Å². The van der Waals surface area contributed by atoms with Gasteiger partial charge >= 0.3 is 0 Å². The van der Waals surface area contributed by atoms with Gasteiger partial charge in [-0.05, 0) is 25.1 Å². The first-order chi connectivity index (χ1) is 16.2. The van der Waals surface area contributed by atoms with E-state index in [0.29, 0.717) is 28.0 Å². The highest BCUT2D eigenvalue weighted by Gasteiger charge is 2.52. The van der Waals surface area contributed by atoms with E-state index in [2.05, 4.69) is 25.7 Å². The Bertz CT molecular complexity index is 1240. The number of fused-ring (bicyclic) bond motifs is 3. The van der Waals surface area contributed by atoms with Gasteiger partial charge in [0.1, 0.15) is 0 Å². The number of aromatic hydroxyl groups is 1. The number of aromatic nitrogens is 4. The van der Waals surface area contributed by atoms with Gasteiger partial charge in [-0.25, -0.2) is 8.78 Å². The van der Waals surface area contributed by atoms with Gasteiger partial charge in [0, 0.05) is 24.7 Å². The minimum absolute atomic E-state index is 0.189. The average Bonchev–Trinajstić information content (AvgIpc) is 3.36. The number of nitrogens with one attached hydrogen (secondary N) is 1. The van der Waals surface area contributed by atoms with Gasteiger partial charge in [0.25, 0.3) is 11.8 Å². The van der Waals surface area contributed by atoms with Crippen molar-refractivity contribution in [1.82, 2.24) is 25.7 Å². The van der Waals surface area contributed by atoms with Gasteiger partial charge in [-0.15, -0.1) is 5.10 Å². The van der Waals surface area contributed by atoms with E-state index in [-0.39, 0.29) is 12.1 Å². The number of piperidine rings is 3. The van der Waals surface area contributed by atoms with Crippen LogP contribution in [-0.4, -0.2) is 62.1 Å². The van der Waals surface area contributed by atoms with Crippen LogP contribution < -0.4 is 5.32 Å². The van der Waals surface area contributed by atoms with Crippen molar-refractivity contribution >= 4 is 5.91 Å². The number of phenolic OH excluding ortho intramolecular Hbond substituents is 1. The van der Waals surface area contributed by atoms with Crippen LogP contribution in [0.3, 0.4) is 0 Å². The number of quaternary nitrogens is 1. The zero-order valence-electron chi connectivity index (χ0n) is 18.3. The molecular weight excluding hydrogens is 453 g/mol. The minimum Gasteiger partial charge on any atom is -0.503 e. The van der Waals surface area contributed by atoms with Gasteiger partial charge in [-0.2, -0.15) is 14.5 Å². The predicted molar refractivity (Wildman–Crippen MR) is 111 cm³/mol. The van der Waals surface area contributed by atoms with Crippen LogP contribution in [0, 0.1) is 24.4 Å². The summed E-state index contributed by atoms with van der Waals surface area (Å²) in [5.74, 6) is -6.20. The van der Waals surface area contributed by atoms with Crippen molar-refractivity contribution in [3.05, 3.63) is 52.7 Å². The zero-order chi connectivity index (χ0) is 24.1. The third-order valence-electron chi connectivity index (χ3n) is 7.07. The first kappa shape index (κ1) is 22.3. The summed E-state index contributed by atoms with van der Waals surface area (Å²) in [6, 6.07) is 4.09. The fraction of sp³-hybridized carbons (Fsp3) is 0.409. The number of rotatable bonds is 5. The van der Waals surface area contributed by atoms with Crippen molar-refractivity contribution in [3.63, 3.8) is 0 Å². The Balaban J connectivity index is 1.25. The average molecular weight is 475 g/mol. The van der Waals surface area contributed by atoms with Crippen molar-refractivity contribution < 1.29 is 32.1 Å². The molecule has 9 nitrogen and oxygen atoms in total. The van der Waals surface area contributed by atoms with Crippen LogP contribution in [0.25, 0.3) is 11.6 Å². The molecule has 3 aromatic rings. The second kappa shape index (κ2) is 8.05. The summed E-state index contributed by atoms with van der Waals surface area (Å²) in [7, 11) is 0. The molecule has 178 valence electrons. The lowest BCUT2D eigenvalue weighted by atomic mass is 9.70. The lowest BCUT2D eigenvalue weighted by molar-refractivity contribution is -0.945. The Kier molecular flexibility index (Phi) is 5.27. The van der Waals surface area contributed by atoms with E-state index in [9.17, 15) is 18.0 Å². The number of carbonyl (C=O) groups excluding carboxylic acids is 1. The van der Waals surface area contributed by atoms with Gasteiger partial charge in [0.15, 0.2) is 35.6 Å². The molecule has 2 aromatic heterocycles. The van der Waals surface area contributed by atoms with Crippen molar-refractivity contribution in [2.24, 2.45) is 0 Å². The maximum Gasteiger partial charge on any atom is 0.278 e. The molecular formula is C22H22F3N6O3+.